The van der Waals surface area contributed by atoms with Crippen molar-refractivity contribution in [3.8, 4) is 22.6 Å². The molecule has 0 fully saturated rings. The van der Waals surface area contributed by atoms with Crippen molar-refractivity contribution in [3.05, 3.63) is 76.3 Å². The van der Waals surface area contributed by atoms with Gasteiger partial charge in [-0.2, -0.15) is 0 Å². The fourth-order valence-electron chi connectivity index (χ4n) is 2.73. The number of ether oxygens (including phenoxy) is 2. The Kier molecular flexibility index (Phi) is 5.91. The van der Waals surface area contributed by atoms with Gasteiger partial charge in [0.05, 0.1) is 13.7 Å². The van der Waals surface area contributed by atoms with Gasteiger partial charge >= 0.3 is 0 Å². The van der Waals surface area contributed by atoms with Crippen molar-refractivity contribution in [1.29, 1.82) is 0 Å². The van der Waals surface area contributed by atoms with Crippen LogP contribution in [0.3, 0.4) is 0 Å². The maximum Gasteiger partial charge on any atom is 0.227 e. The summed E-state index contributed by atoms with van der Waals surface area (Å²) >= 11 is 0. The molecule has 29 heavy (non-hydrogen) atoms. The minimum absolute atomic E-state index is 0.00376. The summed E-state index contributed by atoms with van der Waals surface area (Å²) in [6.45, 7) is 1.40. The lowest BCUT2D eigenvalue weighted by Crippen LogP contribution is -2.25. The van der Waals surface area contributed by atoms with Gasteiger partial charge in [-0.15, -0.1) is 0 Å². The van der Waals surface area contributed by atoms with E-state index in [9.17, 15) is 15.0 Å². The first-order valence-electron chi connectivity index (χ1n) is 8.96. The zero-order valence-corrected chi connectivity index (χ0v) is 16.4. The summed E-state index contributed by atoms with van der Waals surface area (Å²) in [6.07, 6.45) is 0. The highest BCUT2D eigenvalue weighted by Crippen LogP contribution is 2.26. The molecule has 0 bridgehead atoms. The Morgan fingerprint density at radius 1 is 1.03 bits per heavy atom. The van der Waals surface area contributed by atoms with Crippen LogP contribution in [0.15, 0.2) is 63.8 Å². The SMILES string of the molecule is COc1ccc(-c2ccc(NCc3oc(C(C)(O)OC)cc(=O)c3O)cc2)cc1. The molecule has 0 radical (unpaired) electrons. The number of aliphatic hydroxyl groups is 1. The maximum absolute atomic E-state index is 12.0. The summed E-state index contributed by atoms with van der Waals surface area (Å²) in [5.74, 6) is -1.58. The van der Waals surface area contributed by atoms with E-state index in [0.717, 1.165) is 28.6 Å². The number of rotatable bonds is 7. The quantitative estimate of drug-likeness (QED) is 0.525. The average molecular weight is 397 g/mol. The van der Waals surface area contributed by atoms with Crippen molar-refractivity contribution in [2.45, 2.75) is 19.3 Å². The van der Waals surface area contributed by atoms with Crippen molar-refractivity contribution in [2.24, 2.45) is 0 Å². The molecule has 0 saturated heterocycles. The molecular formula is C22H23NO6. The summed E-state index contributed by atoms with van der Waals surface area (Å²) < 4.78 is 15.6. The van der Waals surface area contributed by atoms with Crippen LogP contribution in [-0.2, 0) is 17.1 Å². The smallest absolute Gasteiger partial charge is 0.227 e. The third kappa shape index (κ3) is 4.59. The highest BCUT2D eigenvalue weighted by Gasteiger charge is 2.27. The normalized spacial score (nSPS) is 13.0. The predicted octanol–water partition coefficient (Wildman–Crippen LogP) is 3.44. The lowest BCUT2D eigenvalue weighted by Gasteiger charge is -2.20. The lowest BCUT2D eigenvalue weighted by molar-refractivity contribution is -0.192. The zero-order chi connectivity index (χ0) is 21.0. The summed E-state index contributed by atoms with van der Waals surface area (Å²) in [6, 6.07) is 16.4. The summed E-state index contributed by atoms with van der Waals surface area (Å²) in [7, 11) is 2.91. The van der Waals surface area contributed by atoms with Crippen LogP contribution in [-0.4, -0.2) is 24.4 Å². The number of hydrogen-bond acceptors (Lipinski definition) is 7. The Balaban J connectivity index is 1.75. The van der Waals surface area contributed by atoms with Gasteiger partial charge < -0.3 is 29.4 Å². The number of aromatic hydroxyl groups is 1. The molecule has 3 aromatic rings. The molecule has 3 N–H and O–H groups in total. The third-order valence-electron chi connectivity index (χ3n) is 4.61. The van der Waals surface area contributed by atoms with Crippen molar-refractivity contribution >= 4 is 5.69 Å². The molecule has 0 aliphatic heterocycles. The first-order valence-corrected chi connectivity index (χ1v) is 8.96. The molecule has 7 heteroatoms. The molecule has 0 saturated carbocycles. The van der Waals surface area contributed by atoms with Crippen LogP contribution in [0.2, 0.25) is 0 Å². The molecule has 0 amide bonds. The standard InChI is InChI=1S/C22H23NO6/c1-22(26,28-3)20-12-18(24)21(25)19(29-20)13-23-16-8-4-14(5-9-16)15-6-10-17(27-2)11-7-15/h4-12,23,25-26H,13H2,1-3H3. The number of hydrogen-bond donors (Lipinski definition) is 3. The van der Waals surface area contributed by atoms with E-state index in [-0.39, 0.29) is 18.1 Å². The molecule has 152 valence electrons. The van der Waals surface area contributed by atoms with Crippen LogP contribution in [0.1, 0.15) is 18.4 Å². The van der Waals surface area contributed by atoms with Crippen LogP contribution >= 0.6 is 0 Å². The molecule has 3 rings (SSSR count). The van der Waals surface area contributed by atoms with E-state index < -0.39 is 17.0 Å². The van der Waals surface area contributed by atoms with Gasteiger partial charge in [-0.3, -0.25) is 4.79 Å². The molecule has 1 heterocycles. The van der Waals surface area contributed by atoms with E-state index in [1.807, 2.05) is 48.5 Å². The van der Waals surface area contributed by atoms with Crippen molar-refractivity contribution < 1.29 is 24.1 Å². The van der Waals surface area contributed by atoms with Gasteiger partial charge in [-0.25, -0.2) is 0 Å². The largest absolute Gasteiger partial charge is 0.502 e. The van der Waals surface area contributed by atoms with E-state index in [1.54, 1.807) is 7.11 Å². The fourth-order valence-corrected chi connectivity index (χ4v) is 2.73. The van der Waals surface area contributed by atoms with Crippen molar-refractivity contribution in [3.63, 3.8) is 0 Å². The molecule has 2 aromatic carbocycles. The summed E-state index contributed by atoms with van der Waals surface area (Å²) in [5, 5.41) is 23.2. The van der Waals surface area contributed by atoms with Crippen LogP contribution in [0.4, 0.5) is 5.69 Å². The van der Waals surface area contributed by atoms with Gasteiger partial charge in [-0.05, 0) is 42.3 Å². The monoisotopic (exact) mass is 397 g/mol. The molecule has 1 aromatic heterocycles. The molecule has 7 nitrogen and oxygen atoms in total. The fraction of sp³-hybridized carbons (Fsp3) is 0.227. The molecule has 1 atom stereocenters. The highest BCUT2D eigenvalue weighted by atomic mass is 16.6. The molecule has 0 aliphatic rings. The number of nitrogens with one attached hydrogen (secondary N) is 1. The molecule has 0 aliphatic carbocycles. The van der Waals surface area contributed by atoms with Crippen molar-refractivity contribution in [1.82, 2.24) is 0 Å². The first kappa shape index (κ1) is 20.4. The van der Waals surface area contributed by atoms with Gasteiger partial charge in [0.1, 0.15) is 5.75 Å². The Labute approximate surface area is 168 Å². The summed E-state index contributed by atoms with van der Waals surface area (Å²) in [4.78, 5) is 12.0. The minimum atomic E-state index is -1.78. The number of benzene rings is 2. The molecule has 0 spiro atoms. The highest BCUT2D eigenvalue weighted by molar-refractivity contribution is 5.66. The van der Waals surface area contributed by atoms with E-state index in [0.29, 0.717) is 0 Å². The lowest BCUT2D eigenvalue weighted by atomic mass is 10.1. The Hall–Kier alpha value is -3.29. The van der Waals surface area contributed by atoms with Crippen molar-refractivity contribution in [2.75, 3.05) is 19.5 Å². The minimum Gasteiger partial charge on any atom is -0.502 e. The Bertz CT molecular complexity index is 1020. The first-order chi connectivity index (χ1) is 13.8. The summed E-state index contributed by atoms with van der Waals surface area (Å²) in [5.41, 5.74) is 2.20. The van der Waals surface area contributed by atoms with Crippen LogP contribution in [0.25, 0.3) is 11.1 Å². The van der Waals surface area contributed by atoms with Gasteiger partial charge in [0.25, 0.3) is 0 Å². The van der Waals surface area contributed by atoms with Crippen LogP contribution in [0, 0.1) is 0 Å². The van der Waals surface area contributed by atoms with E-state index in [1.165, 1.54) is 14.0 Å². The second-order valence-electron chi connectivity index (χ2n) is 6.59. The topological polar surface area (TPSA) is 101 Å². The maximum atomic E-state index is 12.0. The van der Waals surface area contributed by atoms with Crippen LogP contribution in [0.5, 0.6) is 11.5 Å². The molecular weight excluding hydrogens is 374 g/mol. The van der Waals surface area contributed by atoms with Gasteiger partial charge in [0.15, 0.2) is 11.5 Å². The number of methoxy groups -OCH3 is 2. The predicted molar refractivity (Wildman–Crippen MR) is 109 cm³/mol. The van der Waals surface area contributed by atoms with Gasteiger partial charge in [0.2, 0.25) is 17.0 Å². The third-order valence-corrected chi connectivity index (χ3v) is 4.61. The molecule has 1 unspecified atom stereocenters. The van der Waals surface area contributed by atoms with E-state index in [4.69, 9.17) is 13.9 Å². The van der Waals surface area contributed by atoms with Gasteiger partial charge in [-0.1, -0.05) is 24.3 Å². The van der Waals surface area contributed by atoms with E-state index >= 15 is 0 Å². The average Bonchev–Trinajstić information content (AvgIpc) is 2.75. The second kappa shape index (κ2) is 8.38. The van der Waals surface area contributed by atoms with Gasteiger partial charge in [0, 0.05) is 18.9 Å². The zero-order valence-electron chi connectivity index (χ0n) is 16.4. The van der Waals surface area contributed by atoms with E-state index in [2.05, 4.69) is 5.32 Å². The number of anilines is 1. The second-order valence-corrected chi connectivity index (χ2v) is 6.59. The van der Waals surface area contributed by atoms with Crippen LogP contribution < -0.4 is 15.5 Å². The Morgan fingerprint density at radius 3 is 2.17 bits per heavy atom. The Morgan fingerprint density at radius 2 is 1.62 bits per heavy atom.